The summed E-state index contributed by atoms with van der Waals surface area (Å²) in [4.78, 5) is 20.5. The molecule has 3 aromatic heterocycles. The molecular weight excluding hydrogens is 846 g/mol. The number of rotatable bonds is 5. The molecule has 0 aliphatic heterocycles. The molecule has 0 amide bonds. The van der Waals surface area contributed by atoms with E-state index in [1.54, 1.807) is 24.5 Å². The van der Waals surface area contributed by atoms with Gasteiger partial charge in [0.05, 0.1) is 12.7 Å². The second-order valence-electron chi connectivity index (χ2n) is 7.54. The molecule has 3 aromatic carbocycles. The second kappa shape index (κ2) is 15.5. The standard InChI is InChI=1S/C20H11N4O.C11H8N.Ir.Pt/c1-2-10-22-19(9-1)15-5-3-7-17(11-15)25-18-8-4-6-16(12-18)20-23-13-21-14-24-20;1-2-6-10(7-3-1)11-8-4-5-9-12-11;;/h1-5,7-10,13-14H;1-6,8-9H;;/q-3;-1;;+2. The van der Waals surface area contributed by atoms with Crippen LogP contribution < -0.4 is 4.74 Å². The zero-order chi connectivity index (χ0) is 25.1. The van der Waals surface area contributed by atoms with Crippen LogP contribution in [0.1, 0.15) is 0 Å². The van der Waals surface area contributed by atoms with Gasteiger partial charge in [-0.25, -0.2) is 22.7 Å². The molecule has 0 atom stereocenters. The van der Waals surface area contributed by atoms with Gasteiger partial charge < -0.3 is 24.7 Å². The topological polar surface area (TPSA) is 73.7 Å². The van der Waals surface area contributed by atoms with Crippen molar-refractivity contribution in [3.8, 4) is 45.4 Å². The second-order valence-corrected chi connectivity index (χ2v) is 7.54. The summed E-state index contributed by atoms with van der Waals surface area (Å²) in [5.41, 5.74) is 4.32. The van der Waals surface area contributed by atoms with Crippen molar-refractivity contribution in [3.63, 3.8) is 0 Å². The molecule has 6 nitrogen and oxygen atoms in total. The Labute approximate surface area is 255 Å². The third kappa shape index (κ3) is 8.56. The number of ether oxygens (including phenoxy) is 1. The van der Waals surface area contributed by atoms with E-state index in [4.69, 9.17) is 4.74 Å². The van der Waals surface area contributed by atoms with Crippen molar-refractivity contribution < 1.29 is 45.9 Å². The van der Waals surface area contributed by atoms with Crippen molar-refractivity contribution in [2.24, 2.45) is 0 Å². The first kappa shape index (κ1) is 29.7. The van der Waals surface area contributed by atoms with E-state index in [0.29, 0.717) is 22.9 Å². The van der Waals surface area contributed by atoms with Gasteiger partial charge in [0.2, 0.25) is 0 Å². The van der Waals surface area contributed by atoms with E-state index in [-0.39, 0.29) is 41.2 Å². The third-order valence-corrected chi connectivity index (χ3v) is 5.01. The van der Waals surface area contributed by atoms with Gasteiger partial charge in [0, 0.05) is 38.2 Å². The van der Waals surface area contributed by atoms with Crippen LogP contribution in [0.2, 0.25) is 0 Å². The Morgan fingerprint density at radius 2 is 1.23 bits per heavy atom. The van der Waals surface area contributed by atoms with Gasteiger partial charge in [-0.15, -0.1) is 59.7 Å². The molecule has 3 heterocycles. The SMILES string of the molecule is [Ir].[Pt+2].[c-]1ccc(Oc2[c-]c(-c3ccccn3)ccc2)[c-]c1-c1ncncn1.[c-]1ccccc1-c1ccccn1. The Balaban J connectivity index is 0.000000254. The van der Waals surface area contributed by atoms with E-state index in [0.717, 1.165) is 22.5 Å². The number of nitrogens with zero attached hydrogens (tertiary/aromatic N) is 5. The van der Waals surface area contributed by atoms with E-state index in [1.165, 1.54) is 12.7 Å². The Morgan fingerprint density at radius 3 is 1.90 bits per heavy atom. The first-order chi connectivity index (χ1) is 18.3. The Bertz CT molecular complexity index is 1430. The predicted molar refractivity (Wildman–Crippen MR) is 140 cm³/mol. The van der Waals surface area contributed by atoms with E-state index < -0.39 is 0 Å². The van der Waals surface area contributed by atoms with Gasteiger partial charge >= 0.3 is 21.1 Å². The average molecular weight is 865 g/mol. The summed E-state index contributed by atoms with van der Waals surface area (Å²) in [5, 5.41) is 0. The summed E-state index contributed by atoms with van der Waals surface area (Å²) >= 11 is 0. The van der Waals surface area contributed by atoms with Crippen LogP contribution in [0.3, 0.4) is 0 Å². The largest absolute Gasteiger partial charge is 2.00 e. The van der Waals surface area contributed by atoms with Crippen LogP contribution in [0.4, 0.5) is 0 Å². The van der Waals surface area contributed by atoms with Crippen molar-refractivity contribution in [2.75, 3.05) is 0 Å². The molecule has 0 spiro atoms. The zero-order valence-electron chi connectivity index (χ0n) is 20.3. The fourth-order valence-electron chi connectivity index (χ4n) is 3.32. The monoisotopic (exact) mass is 865 g/mol. The first-order valence-corrected chi connectivity index (χ1v) is 11.4. The fraction of sp³-hybridized carbons (Fsp3) is 0. The van der Waals surface area contributed by atoms with E-state index in [1.807, 2.05) is 78.9 Å². The van der Waals surface area contributed by atoms with E-state index in [2.05, 4.69) is 49.2 Å². The van der Waals surface area contributed by atoms with Gasteiger partial charge in [0.15, 0.2) is 0 Å². The molecule has 8 heteroatoms. The summed E-state index contributed by atoms with van der Waals surface area (Å²) < 4.78 is 5.87. The van der Waals surface area contributed by atoms with Crippen LogP contribution in [-0.2, 0) is 41.2 Å². The van der Waals surface area contributed by atoms with Crippen LogP contribution in [0, 0.1) is 24.3 Å². The molecule has 0 aliphatic carbocycles. The van der Waals surface area contributed by atoms with Gasteiger partial charge in [-0.1, -0.05) is 30.3 Å². The summed E-state index contributed by atoms with van der Waals surface area (Å²) in [6.07, 6.45) is 6.40. The number of pyridine rings is 2. The normalized spacial score (nSPS) is 9.64. The number of hydrogen-bond acceptors (Lipinski definition) is 6. The molecule has 0 saturated heterocycles. The molecule has 39 heavy (non-hydrogen) atoms. The molecule has 0 fully saturated rings. The van der Waals surface area contributed by atoms with Gasteiger partial charge in [0.1, 0.15) is 0 Å². The zero-order valence-corrected chi connectivity index (χ0v) is 24.9. The molecule has 1 radical (unpaired) electrons. The van der Waals surface area contributed by atoms with E-state index in [9.17, 15) is 0 Å². The van der Waals surface area contributed by atoms with Gasteiger partial charge in [-0.05, 0) is 35.1 Å². The molecule has 0 N–H and O–H groups in total. The number of hydrogen-bond donors (Lipinski definition) is 0. The molecule has 0 bridgehead atoms. The van der Waals surface area contributed by atoms with Crippen LogP contribution in [0.5, 0.6) is 11.5 Å². The maximum Gasteiger partial charge on any atom is 2.00 e. The minimum absolute atomic E-state index is 0. The van der Waals surface area contributed by atoms with Crippen molar-refractivity contribution >= 4 is 0 Å². The van der Waals surface area contributed by atoms with Crippen LogP contribution in [0.25, 0.3) is 33.9 Å². The summed E-state index contributed by atoms with van der Waals surface area (Å²) in [6, 6.07) is 41.1. The molecular formula is C31H19IrN5OPt-2. The Hall–Kier alpha value is -3.89. The first-order valence-electron chi connectivity index (χ1n) is 11.4. The van der Waals surface area contributed by atoms with Gasteiger partial charge in [-0.2, -0.15) is 6.07 Å². The molecule has 0 unspecified atom stereocenters. The van der Waals surface area contributed by atoms with Gasteiger partial charge in [-0.3, -0.25) is 6.07 Å². The molecule has 6 aromatic rings. The molecule has 0 aliphatic rings. The van der Waals surface area contributed by atoms with Crippen molar-refractivity contribution in [1.29, 1.82) is 0 Å². The average Bonchev–Trinajstić information content (AvgIpc) is 3.00. The molecule has 6 rings (SSSR count). The number of benzene rings is 3. The molecule has 195 valence electrons. The van der Waals surface area contributed by atoms with Crippen LogP contribution in [-0.4, -0.2) is 24.9 Å². The fourth-order valence-corrected chi connectivity index (χ4v) is 3.32. The van der Waals surface area contributed by atoms with Gasteiger partial charge in [0.25, 0.3) is 0 Å². The summed E-state index contributed by atoms with van der Waals surface area (Å²) in [6.45, 7) is 0. The maximum atomic E-state index is 5.87. The van der Waals surface area contributed by atoms with Crippen LogP contribution in [0.15, 0.2) is 116 Å². The molecule has 0 saturated carbocycles. The number of aromatic nitrogens is 5. The quantitative estimate of drug-likeness (QED) is 0.189. The van der Waals surface area contributed by atoms with Crippen molar-refractivity contribution in [1.82, 2.24) is 24.9 Å². The smallest absolute Gasteiger partial charge is 0.515 e. The predicted octanol–water partition coefficient (Wildman–Crippen LogP) is 6.34. The minimum Gasteiger partial charge on any atom is -0.515 e. The minimum atomic E-state index is 0. The van der Waals surface area contributed by atoms with Crippen molar-refractivity contribution in [3.05, 3.63) is 140 Å². The summed E-state index contributed by atoms with van der Waals surface area (Å²) in [5.74, 6) is 1.60. The summed E-state index contributed by atoms with van der Waals surface area (Å²) in [7, 11) is 0. The Kier molecular flexibility index (Phi) is 11.8. The maximum absolute atomic E-state index is 5.87. The third-order valence-electron chi connectivity index (χ3n) is 5.01. The Morgan fingerprint density at radius 1 is 0.564 bits per heavy atom. The van der Waals surface area contributed by atoms with Crippen molar-refractivity contribution in [2.45, 2.75) is 0 Å². The van der Waals surface area contributed by atoms with E-state index >= 15 is 0 Å². The van der Waals surface area contributed by atoms with Crippen LogP contribution >= 0.6 is 0 Å².